The maximum atomic E-state index is 12.8. The van der Waals surface area contributed by atoms with Gasteiger partial charge in [-0.15, -0.1) is 0 Å². The van der Waals surface area contributed by atoms with Crippen LogP contribution < -0.4 is 4.90 Å². The third-order valence-corrected chi connectivity index (χ3v) is 6.01. The number of aliphatic carboxylic acids is 1. The number of fused-ring (bicyclic) bond motifs is 1. The molecule has 0 heterocycles. The summed E-state index contributed by atoms with van der Waals surface area (Å²) in [5.74, 6) is -3.49. The van der Waals surface area contributed by atoms with Gasteiger partial charge in [0.1, 0.15) is 0 Å². The van der Waals surface area contributed by atoms with Crippen molar-refractivity contribution in [3.05, 3.63) is 74.7 Å². The Hall–Kier alpha value is -2.41. The van der Waals surface area contributed by atoms with E-state index < -0.39 is 24.1 Å². The van der Waals surface area contributed by atoms with E-state index in [0.717, 1.165) is 20.8 Å². The molecule has 0 aliphatic heterocycles. The van der Waals surface area contributed by atoms with Gasteiger partial charge < -0.3 is 10.0 Å². The van der Waals surface area contributed by atoms with Gasteiger partial charge in [0.2, 0.25) is 11.7 Å². The predicted octanol–water partition coefficient (Wildman–Crippen LogP) is 5.49. The SMILES string of the molecule is O=C(O)C(=O)CC(=O)N(Cc1ccc2ccccc2c1Br)c1ccc(Cl)c(Cl)c1. The van der Waals surface area contributed by atoms with E-state index in [-0.39, 0.29) is 11.6 Å². The lowest BCUT2D eigenvalue weighted by molar-refractivity contribution is -0.150. The molecule has 0 atom stereocenters. The van der Waals surface area contributed by atoms with Gasteiger partial charge in [-0.05, 0) is 50.5 Å². The normalized spacial score (nSPS) is 10.7. The zero-order valence-corrected chi connectivity index (χ0v) is 18.0. The third kappa shape index (κ3) is 4.78. The number of rotatable bonds is 6. The van der Waals surface area contributed by atoms with Crippen molar-refractivity contribution in [1.29, 1.82) is 0 Å². The van der Waals surface area contributed by atoms with Crippen LogP contribution >= 0.6 is 39.1 Å². The fraction of sp³-hybridized carbons (Fsp3) is 0.0952. The summed E-state index contributed by atoms with van der Waals surface area (Å²) in [5.41, 5.74) is 1.19. The van der Waals surface area contributed by atoms with Crippen LogP contribution in [0.25, 0.3) is 10.8 Å². The van der Waals surface area contributed by atoms with Gasteiger partial charge in [-0.25, -0.2) is 4.79 Å². The molecule has 5 nitrogen and oxygen atoms in total. The van der Waals surface area contributed by atoms with Crippen LogP contribution in [0.1, 0.15) is 12.0 Å². The quantitative estimate of drug-likeness (QED) is 0.363. The van der Waals surface area contributed by atoms with Crippen molar-refractivity contribution in [2.75, 3.05) is 4.90 Å². The summed E-state index contributed by atoms with van der Waals surface area (Å²) in [5, 5.41) is 11.4. The summed E-state index contributed by atoms with van der Waals surface area (Å²) in [6.07, 6.45) is -0.763. The van der Waals surface area contributed by atoms with E-state index in [1.54, 1.807) is 6.07 Å². The molecule has 0 aliphatic carbocycles. The number of Topliss-reactive ketones (excluding diaryl/α,β-unsaturated/α-hetero) is 1. The van der Waals surface area contributed by atoms with E-state index in [0.29, 0.717) is 10.7 Å². The minimum atomic E-state index is -1.65. The number of carboxylic acid groups (broad SMARTS) is 1. The molecule has 3 aromatic rings. The molecule has 3 rings (SSSR count). The van der Waals surface area contributed by atoms with Crippen LogP contribution in [0.2, 0.25) is 10.0 Å². The summed E-state index contributed by atoms with van der Waals surface area (Å²) in [6, 6.07) is 16.2. The van der Waals surface area contributed by atoms with Gasteiger partial charge in [0.15, 0.2) is 0 Å². The molecule has 29 heavy (non-hydrogen) atoms. The lowest BCUT2D eigenvalue weighted by Crippen LogP contribution is -2.33. The number of amides is 1. The number of carbonyl (C=O) groups excluding carboxylic acids is 2. The van der Waals surface area contributed by atoms with E-state index in [9.17, 15) is 14.4 Å². The lowest BCUT2D eigenvalue weighted by Gasteiger charge is -2.24. The Morgan fingerprint density at radius 1 is 0.966 bits per heavy atom. The second-order valence-corrected chi connectivity index (χ2v) is 7.85. The molecule has 0 aromatic heterocycles. The van der Waals surface area contributed by atoms with Gasteiger partial charge in [-0.1, -0.05) is 59.6 Å². The van der Waals surface area contributed by atoms with Crippen molar-refractivity contribution in [2.45, 2.75) is 13.0 Å². The van der Waals surface area contributed by atoms with Crippen LogP contribution in [0.3, 0.4) is 0 Å². The zero-order valence-electron chi connectivity index (χ0n) is 14.9. The molecule has 0 bridgehead atoms. The van der Waals surface area contributed by atoms with Crippen molar-refractivity contribution < 1.29 is 19.5 Å². The number of carbonyl (C=O) groups is 3. The van der Waals surface area contributed by atoms with Gasteiger partial charge in [-0.2, -0.15) is 0 Å². The van der Waals surface area contributed by atoms with Crippen molar-refractivity contribution in [2.24, 2.45) is 0 Å². The number of carboxylic acids is 1. The first-order valence-electron chi connectivity index (χ1n) is 8.45. The van der Waals surface area contributed by atoms with Gasteiger partial charge in [0.25, 0.3) is 0 Å². The van der Waals surface area contributed by atoms with Gasteiger partial charge in [0, 0.05) is 10.2 Å². The molecule has 1 amide bonds. The second kappa shape index (κ2) is 8.95. The van der Waals surface area contributed by atoms with Gasteiger partial charge >= 0.3 is 5.97 Å². The fourth-order valence-corrected chi connectivity index (χ4v) is 3.77. The first-order chi connectivity index (χ1) is 13.8. The molecule has 148 valence electrons. The van der Waals surface area contributed by atoms with E-state index in [1.165, 1.54) is 17.0 Å². The van der Waals surface area contributed by atoms with E-state index >= 15 is 0 Å². The topological polar surface area (TPSA) is 74.7 Å². The van der Waals surface area contributed by atoms with Crippen LogP contribution in [-0.2, 0) is 20.9 Å². The molecule has 0 fully saturated rings. The molecule has 1 N–H and O–H groups in total. The predicted molar refractivity (Wildman–Crippen MR) is 117 cm³/mol. The number of anilines is 1. The number of halogens is 3. The van der Waals surface area contributed by atoms with Crippen molar-refractivity contribution >= 4 is 73.3 Å². The number of hydrogen-bond acceptors (Lipinski definition) is 3. The smallest absolute Gasteiger partial charge is 0.372 e. The van der Waals surface area contributed by atoms with Crippen molar-refractivity contribution in [3.63, 3.8) is 0 Å². The fourth-order valence-electron chi connectivity index (χ4n) is 2.86. The van der Waals surface area contributed by atoms with Gasteiger partial charge in [-0.3, -0.25) is 9.59 Å². The Morgan fingerprint density at radius 3 is 2.38 bits per heavy atom. The first-order valence-corrected chi connectivity index (χ1v) is 10.0. The highest BCUT2D eigenvalue weighted by Gasteiger charge is 2.24. The maximum Gasteiger partial charge on any atom is 0.372 e. The molecule has 0 saturated heterocycles. The van der Waals surface area contributed by atoms with Gasteiger partial charge in [0.05, 0.1) is 23.0 Å². The number of nitrogens with zero attached hydrogens (tertiary/aromatic N) is 1. The standard InChI is InChI=1S/C21H14BrCl2NO4/c22-20-13(6-5-12-3-1-2-4-15(12)20)11-25(19(27)10-18(26)21(28)29)14-7-8-16(23)17(24)9-14/h1-9H,10-11H2,(H,28,29). The molecular formula is C21H14BrCl2NO4. The Balaban J connectivity index is 2.02. The molecule has 0 radical (unpaired) electrons. The maximum absolute atomic E-state index is 12.8. The number of hydrogen-bond donors (Lipinski definition) is 1. The van der Waals surface area contributed by atoms with Crippen LogP contribution in [0.15, 0.2) is 59.1 Å². The minimum Gasteiger partial charge on any atom is -0.475 e. The molecular weight excluding hydrogens is 481 g/mol. The monoisotopic (exact) mass is 493 g/mol. The summed E-state index contributed by atoms with van der Waals surface area (Å²) in [6.45, 7) is 0.106. The van der Waals surface area contributed by atoms with Crippen molar-refractivity contribution in [3.8, 4) is 0 Å². The van der Waals surface area contributed by atoms with Crippen LogP contribution in [-0.4, -0.2) is 22.8 Å². The first kappa shape index (κ1) is 21.3. The average Bonchev–Trinajstić information content (AvgIpc) is 2.69. The molecule has 3 aromatic carbocycles. The zero-order chi connectivity index (χ0) is 21.1. The molecule has 0 spiro atoms. The van der Waals surface area contributed by atoms with Crippen LogP contribution in [0, 0.1) is 0 Å². The Bertz CT molecular complexity index is 1130. The van der Waals surface area contributed by atoms with Crippen LogP contribution in [0.5, 0.6) is 0 Å². The average molecular weight is 495 g/mol. The summed E-state index contributed by atoms with van der Waals surface area (Å²) in [7, 11) is 0. The molecule has 8 heteroatoms. The highest BCUT2D eigenvalue weighted by molar-refractivity contribution is 9.10. The molecule has 0 aliphatic rings. The van der Waals surface area contributed by atoms with Crippen molar-refractivity contribution in [1.82, 2.24) is 0 Å². The number of ketones is 1. The summed E-state index contributed by atoms with van der Waals surface area (Å²) >= 11 is 15.6. The largest absolute Gasteiger partial charge is 0.475 e. The van der Waals surface area contributed by atoms with E-state index in [2.05, 4.69) is 15.9 Å². The Labute approximate surface area is 185 Å². The second-order valence-electron chi connectivity index (χ2n) is 6.24. The van der Waals surface area contributed by atoms with E-state index in [4.69, 9.17) is 28.3 Å². The Morgan fingerprint density at radius 2 is 1.69 bits per heavy atom. The van der Waals surface area contributed by atoms with Crippen LogP contribution in [0.4, 0.5) is 5.69 Å². The summed E-state index contributed by atoms with van der Waals surface area (Å²) in [4.78, 5) is 36.6. The highest BCUT2D eigenvalue weighted by Crippen LogP contribution is 2.32. The minimum absolute atomic E-state index is 0.106. The lowest BCUT2D eigenvalue weighted by atomic mass is 10.1. The highest BCUT2D eigenvalue weighted by atomic mass is 79.9. The summed E-state index contributed by atoms with van der Waals surface area (Å²) < 4.78 is 0.804. The molecule has 0 saturated carbocycles. The Kier molecular flexibility index (Phi) is 6.57. The number of benzene rings is 3. The third-order valence-electron chi connectivity index (χ3n) is 4.34. The van der Waals surface area contributed by atoms with E-state index in [1.807, 2.05) is 36.4 Å². The molecule has 0 unspecified atom stereocenters.